The van der Waals surface area contributed by atoms with Gasteiger partial charge in [0.05, 0.1) is 0 Å². The molecule has 6 nitrogen and oxygen atoms in total. The topological polar surface area (TPSA) is 74.2 Å². The van der Waals surface area contributed by atoms with E-state index in [9.17, 15) is 0 Å². The maximum absolute atomic E-state index is 4.96. The Hall–Kier alpha value is -0.396. The number of hydrogen-bond donors (Lipinski definition) is 0. The van der Waals surface area contributed by atoms with Crippen LogP contribution < -0.4 is 0 Å². The van der Waals surface area contributed by atoms with Gasteiger partial charge in [0.15, 0.2) is 0 Å². The molecule has 0 fully saturated rings. The summed E-state index contributed by atoms with van der Waals surface area (Å²) in [5, 5.41) is 28.7. The third kappa shape index (κ3) is 4.35. The molecule has 0 amide bonds. The Bertz CT molecular complexity index is 745. The van der Waals surface area contributed by atoms with E-state index in [1.54, 1.807) is 0 Å². The number of allylic oxidation sites excluding steroid dienone is 3. The van der Waals surface area contributed by atoms with E-state index in [-0.39, 0.29) is 37.2 Å². The van der Waals surface area contributed by atoms with Gasteiger partial charge in [0.1, 0.15) is 0 Å². The summed E-state index contributed by atoms with van der Waals surface area (Å²) in [6.07, 6.45) is 11.9. The molecule has 0 aromatic rings. The smallest absolute Gasteiger partial charge is 0.147 e. The fraction of sp³-hybridized carbons (Fsp3) is 0.727. The van der Waals surface area contributed by atoms with E-state index >= 15 is 0 Å². The van der Waals surface area contributed by atoms with Crippen LogP contribution in [0.5, 0.6) is 0 Å². The molecule has 3 aliphatic heterocycles. The summed E-state index contributed by atoms with van der Waals surface area (Å²) in [7, 11) is 0. The Morgan fingerprint density at radius 3 is 1.00 bits per heavy atom. The molecule has 0 aliphatic carbocycles. The van der Waals surface area contributed by atoms with Gasteiger partial charge >= 0.3 is 187 Å². The van der Waals surface area contributed by atoms with Crippen molar-refractivity contribution in [1.29, 1.82) is 0 Å². The van der Waals surface area contributed by atoms with E-state index in [2.05, 4.69) is 95.5 Å². The van der Waals surface area contributed by atoms with E-state index < -0.39 is 20.3 Å². The van der Waals surface area contributed by atoms with Crippen LogP contribution in [-0.2, 0) is 20.4 Å². The molecule has 0 aromatic carbocycles. The van der Waals surface area contributed by atoms with Crippen LogP contribution in [0.1, 0.15) is 80.1 Å². The van der Waals surface area contributed by atoms with Crippen molar-refractivity contribution >= 4 is 37.2 Å². The van der Waals surface area contributed by atoms with Crippen molar-refractivity contribution in [2.45, 2.75) is 100 Å². The first-order valence-electron chi connectivity index (χ1n) is 11.0. The summed E-state index contributed by atoms with van der Waals surface area (Å²) in [5.41, 5.74) is 1.59. The number of halogens is 3. The Morgan fingerprint density at radius 2 is 0.844 bits per heavy atom. The van der Waals surface area contributed by atoms with Crippen LogP contribution in [-0.4, -0.2) is 16.6 Å². The molecule has 3 rings (SSSR count). The van der Waals surface area contributed by atoms with Crippen LogP contribution in [0.4, 0.5) is 0 Å². The van der Waals surface area contributed by atoms with Crippen molar-refractivity contribution in [2.75, 3.05) is 0 Å². The van der Waals surface area contributed by atoms with E-state index in [0.29, 0.717) is 0 Å². The van der Waals surface area contributed by atoms with Crippen LogP contribution in [0.3, 0.4) is 0 Å². The molecule has 32 heavy (non-hydrogen) atoms. The molecule has 3 atom stereocenters. The standard InChI is InChI=1S/C22H33N6.3ClH.Ti/c1-7-16-13-20(10-4,26-23-16)19(21(11-5)14-17(8-2)24-27-21)22(12-6)15-18(9-3)25-28-22;;;;/h13-15H,7-12H2,1-6H3;3*1H;. The summed E-state index contributed by atoms with van der Waals surface area (Å²) in [4.78, 5) is 0. The zero-order chi connectivity index (χ0) is 21.3. The van der Waals surface area contributed by atoms with Gasteiger partial charge in [0.25, 0.3) is 0 Å². The Kier molecular flexibility index (Phi) is 11.7. The molecular formula is C22H36Cl3N6Ti. The zero-order valence-corrected chi connectivity index (χ0v) is 23.9. The van der Waals surface area contributed by atoms with E-state index in [1.165, 1.54) is 0 Å². The molecule has 0 saturated heterocycles. The van der Waals surface area contributed by atoms with E-state index in [1.807, 2.05) is 0 Å². The molecule has 10 heteroatoms. The van der Waals surface area contributed by atoms with Crippen molar-refractivity contribution < 1.29 is 20.4 Å². The Morgan fingerprint density at radius 1 is 0.594 bits per heavy atom. The quantitative estimate of drug-likeness (QED) is 0.263. The number of azo groups is 3. The van der Waals surface area contributed by atoms with Crippen LogP contribution in [0, 0.1) is 0 Å². The largest absolute Gasteiger partial charge is 0.147 e. The first kappa shape index (κ1) is 31.6. The average Bonchev–Trinajstić information content (AvgIpc) is 3.50. The number of rotatable bonds is 9. The number of nitrogens with zero attached hydrogens (tertiary/aromatic N) is 6. The maximum atomic E-state index is 4.96. The minimum absolute atomic E-state index is 0. The molecule has 0 bridgehead atoms. The van der Waals surface area contributed by atoms with Crippen molar-refractivity contribution in [2.24, 2.45) is 30.7 Å². The van der Waals surface area contributed by atoms with Gasteiger partial charge in [-0.05, 0) is 0 Å². The molecule has 3 aliphatic rings. The van der Waals surface area contributed by atoms with Crippen LogP contribution in [0.15, 0.2) is 66.0 Å². The Balaban J connectivity index is 0.00000320. The average molecular weight is 539 g/mol. The van der Waals surface area contributed by atoms with Gasteiger partial charge < -0.3 is 0 Å². The summed E-state index contributed by atoms with van der Waals surface area (Å²) >= 11 is 2.31. The summed E-state index contributed by atoms with van der Waals surface area (Å²) in [6, 6.07) is 0. The van der Waals surface area contributed by atoms with Gasteiger partial charge in [-0.3, -0.25) is 0 Å². The summed E-state index contributed by atoms with van der Waals surface area (Å²) in [6.45, 7) is 13.0. The van der Waals surface area contributed by atoms with Crippen LogP contribution in [0.2, 0.25) is 3.72 Å². The first-order chi connectivity index (χ1) is 13.8. The summed E-state index contributed by atoms with van der Waals surface area (Å²) in [5.74, 6) is 0. The second kappa shape index (κ2) is 11.8. The van der Waals surface area contributed by atoms with Crippen molar-refractivity contribution in [3.05, 3.63) is 35.3 Å². The van der Waals surface area contributed by atoms with Gasteiger partial charge in [-0.15, -0.1) is 37.2 Å². The molecule has 0 radical (unpaired) electrons. The molecule has 0 spiro atoms. The SMILES string of the molecule is CCC1=CC(CC)([C]([Ti])(C2(CC)C=C(CC)N=N2)C2(CC)C=C(CC)N=N2)N=N1.Cl.Cl.Cl. The molecule has 0 N–H and O–H groups in total. The van der Waals surface area contributed by atoms with Crippen molar-refractivity contribution in [3.63, 3.8) is 0 Å². The number of hydrogen-bond acceptors (Lipinski definition) is 6. The van der Waals surface area contributed by atoms with E-state index in [4.69, 9.17) is 15.3 Å². The molecule has 3 heterocycles. The van der Waals surface area contributed by atoms with Gasteiger partial charge in [-0.25, -0.2) is 0 Å². The van der Waals surface area contributed by atoms with E-state index in [0.717, 1.165) is 55.6 Å². The molecular weight excluding hydrogens is 503 g/mol. The van der Waals surface area contributed by atoms with Crippen LogP contribution in [0.25, 0.3) is 0 Å². The van der Waals surface area contributed by atoms with Gasteiger partial charge in [-0.2, -0.15) is 0 Å². The normalized spacial score (nSPS) is 31.7. The van der Waals surface area contributed by atoms with Crippen LogP contribution >= 0.6 is 37.2 Å². The first-order valence-corrected chi connectivity index (χ1v) is 11.8. The molecule has 0 saturated carbocycles. The fourth-order valence-corrected chi connectivity index (χ4v) is 6.37. The van der Waals surface area contributed by atoms with Crippen molar-refractivity contribution in [3.8, 4) is 0 Å². The second-order valence-corrected chi connectivity index (χ2v) is 9.32. The monoisotopic (exact) mass is 537 g/mol. The van der Waals surface area contributed by atoms with Gasteiger partial charge in [0, 0.05) is 0 Å². The van der Waals surface area contributed by atoms with Crippen molar-refractivity contribution in [1.82, 2.24) is 0 Å². The summed E-state index contributed by atoms with van der Waals surface area (Å²) < 4.78 is -0.494. The second-order valence-electron chi connectivity index (χ2n) is 8.15. The zero-order valence-electron chi connectivity index (χ0n) is 19.9. The third-order valence-corrected chi connectivity index (χ3v) is 8.97. The maximum Gasteiger partial charge on any atom is -0.147 e. The minimum atomic E-state index is -0.512. The molecule has 179 valence electrons. The predicted octanol–water partition coefficient (Wildman–Crippen LogP) is 8.68. The Labute approximate surface area is 223 Å². The minimum Gasteiger partial charge on any atom is -0.147 e. The van der Waals surface area contributed by atoms with Gasteiger partial charge in [-0.1, -0.05) is 0 Å². The third-order valence-electron chi connectivity index (χ3n) is 6.94. The predicted molar refractivity (Wildman–Crippen MR) is 133 cm³/mol. The molecule has 0 aromatic heterocycles. The fourth-order valence-electron chi connectivity index (χ4n) is 4.97. The van der Waals surface area contributed by atoms with Gasteiger partial charge in [0.2, 0.25) is 0 Å². The molecule has 3 unspecified atom stereocenters.